The van der Waals surface area contributed by atoms with E-state index in [9.17, 15) is 4.79 Å². The molecular formula is C15H17ClN2O2. The highest BCUT2D eigenvalue weighted by atomic mass is 35.5. The predicted molar refractivity (Wildman–Crippen MR) is 81.5 cm³/mol. The first-order valence-electron chi connectivity index (χ1n) is 5.88. The van der Waals surface area contributed by atoms with Gasteiger partial charge in [-0.25, -0.2) is 4.79 Å². The minimum atomic E-state index is -0.725. The number of carbonyl (C=O) groups excluding carboxylic acids is 1. The molecule has 106 valence electrons. The summed E-state index contributed by atoms with van der Waals surface area (Å²) in [7, 11) is 0. The average Bonchev–Trinajstić information content (AvgIpc) is 2.71. The third-order valence-electron chi connectivity index (χ3n) is 3.35. The molecule has 2 aromatic rings. The highest BCUT2D eigenvalue weighted by Gasteiger charge is 2.28. The van der Waals surface area contributed by atoms with Crippen LogP contribution in [0.1, 0.15) is 17.0 Å². The Morgan fingerprint density at radius 3 is 1.90 bits per heavy atom. The number of halogens is 1. The van der Waals surface area contributed by atoms with E-state index in [-0.39, 0.29) is 24.5 Å². The zero-order valence-electron chi connectivity index (χ0n) is 10.9. The van der Waals surface area contributed by atoms with Crippen molar-refractivity contribution in [3.63, 3.8) is 0 Å². The quantitative estimate of drug-likeness (QED) is 0.888. The summed E-state index contributed by atoms with van der Waals surface area (Å²) >= 11 is 0. The second-order valence-corrected chi connectivity index (χ2v) is 4.36. The molecule has 1 amide bonds. The SMILES string of the molecule is Cl.N.NC(=O)OCC1c2ccccc2-c2ccccc21. The van der Waals surface area contributed by atoms with Gasteiger partial charge >= 0.3 is 6.09 Å². The summed E-state index contributed by atoms with van der Waals surface area (Å²) in [5.41, 5.74) is 9.87. The lowest BCUT2D eigenvalue weighted by molar-refractivity contribution is 0.153. The Kier molecular flexibility index (Phi) is 5.13. The molecule has 0 bridgehead atoms. The highest BCUT2D eigenvalue weighted by molar-refractivity contribution is 5.85. The molecule has 0 heterocycles. The molecular weight excluding hydrogens is 276 g/mol. The molecule has 0 aromatic heterocycles. The molecule has 1 aliphatic carbocycles. The van der Waals surface area contributed by atoms with E-state index in [1.54, 1.807) is 0 Å². The minimum Gasteiger partial charge on any atom is -0.449 e. The molecule has 4 nitrogen and oxygen atoms in total. The number of fused-ring (bicyclic) bond motifs is 3. The number of amides is 1. The summed E-state index contributed by atoms with van der Waals surface area (Å²) in [6, 6.07) is 16.4. The fraction of sp³-hybridized carbons (Fsp3) is 0.133. The lowest BCUT2D eigenvalue weighted by Crippen LogP contribution is -2.17. The number of primary amides is 1. The van der Waals surface area contributed by atoms with Crippen LogP contribution in [-0.4, -0.2) is 12.7 Å². The van der Waals surface area contributed by atoms with Gasteiger partial charge in [-0.3, -0.25) is 0 Å². The van der Waals surface area contributed by atoms with Crippen LogP contribution >= 0.6 is 12.4 Å². The molecule has 5 N–H and O–H groups in total. The minimum absolute atomic E-state index is 0. The van der Waals surface area contributed by atoms with Gasteiger partial charge in [-0.15, -0.1) is 12.4 Å². The Labute approximate surface area is 123 Å². The Morgan fingerprint density at radius 1 is 1.00 bits per heavy atom. The van der Waals surface area contributed by atoms with Crippen LogP contribution in [0.5, 0.6) is 0 Å². The summed E-state index contributed by atoms with van der Waals surface area (Å²) in [5.74, 6) is 0.0879. The normalized spacial score (nSPS) is 11.6. The molecule has 0 spiro atoms. The van der Waals surface area contributed by atoms with Gasteiger partial charge in [0.1, 0.15) is 6.61 Å². The molecule has 0 fully saturated rings. The molecule has 0 saturated carbocycles. The van der Waals surface area contributed by atoms with E-state index in [2.05, 4.69) is 24.3 Å². The van der Waals surface area contributed by atoms with Crippen molar-refractivity contribution in [3.05, 3.63) is 59.7 Å². The lowest BCUT2D eigenvalue weighted by Gasteiger charge is -2.12. The average molecular weight is 293 g/mol. The predicted octanol–water partition coefficient (Wildman–Crippen LogP) is 3.48. The fourth-order valence-electron chi connectivity index (χ4n) is 2.60. The summed E-state index contributed by atoms with van der Waals surface area (Å²) in [6.07, 6.45) is -0.725. The summed E-state index contributed by atoms with van der Waals surface area (Å²) in [6.45, 7) is 0.295. The van der Waals surface area contributed by atoms with Gasteiger partial charge < -0.3 is 16.6 Å². The molecule has 0 atom stereocenters. The van der Waals surface area contributed by atoms with E-state index >= 15 is 0 Å². The van der Waals surface area contributed by atoms with Gasteiger partial charge in [-0.2, -0.15) is 0 Å². The Morgan fingerprint density at radius 2 is 1.45 bits per heavy atom. The van der Waals surface area contributed by atoms with E-state index < -0.39 is 6.09 Å². The van der Waals surface area contributed by atoms with Gasteiger partial charge in [0.05, 0.1) is 0 Å². The van der Waals surface area contributed by atoms with Crippen LogP contribution < -0.4 is 11.9 Å². The van der Waals surface area contributed by atoms with Crippen LogP contribution in [0.3, 0.4) is 0 Å². The smallest absolute Gasteiger partial charge is 0.404 e. The number of ether oxygens (including phenoxy) is 1. The zero-order chi connectivity index (χ0) is 12.5. The van der Waals surface area contributed by atoms with Crippen LogP contribution in [-0.2, 0) is 4.74 Å². The van der Waals surface area contributed by atoms with Crippen LogP contribution in [0.4, 0.5) is 4.79 Å². The molecule has 0 unspecified atom stereocenters. The third kappa shape index (κ3) is 2.61. The Hall–Kier alpha value is -2.04. The van der Waals surface area contributed by atoms with Gasteiger partial charge in [-0.05, 0) is 22.3 Å². The van der Waals surface area contributed by atoms with Crippen molar-refractivity contribution in [1.82, 2.24) is 6.15 Å². The van der Waals surface area contributed by atoms with Crippen molar-refractivity contribution >= 4 is 18.5 Å². The number of nitrogens with two attached hydrogens (primary N) is 1. The summed E-state index contributed by atoms with van der Waals surface area (Å²) in [4.78, 5) is 10.8. The maximum Gasteiger partial charge on any atom is 0.404 e. The van der Waals surface area contributed by atoms with Crippen LogP contribution in [0, 0.1) is 0 Å². The van der Waals surface area contributed by atoms with Crippen LogP contribution in [0.2, 0.25) is 0 Å². The van der Waals surface area contributed by atoms with Crippen molar-refractivity contribution < 1.29 is 9.53 Å². The summed E-state index contributed by atoms with van der Waals surface area (Å²) < 4.78 is 4.98. The van der Waals surface area contributed by atoms with E-state index in [4.69, 9.17) is 10.5 Å². The third-order valence-corrected chi connectivity index (χ3v) is 3.35. The monoisotopic (exact) mass is 292 g/mol. The van der Waals surface area contributed by atoms with Gasteiger partial charge in [0.15, 0.2) is 0 Å². The first kappa shape index (κ1) is 16.0. The van der Waals surface area contributed by atoms with E-state index in [0.29, 0.717) is 6.61 Å². The molecule has 20 heavy (non-hydrogen) atoms. The van der Waals surface area contributed by atoms with Crippen molar-refractivity contribution in [3.8, 4) is 11.1 Å². The van der Waals surface area contributed by atoms with Crippen LogP contribution in [0.25, 0.3) is 11.1 Å². The van der Waals surface area contributed by atoms with E-state index in [1.165, 1.54) is 22.3 Å². The number of benzene rings is 2. The standard InChI is InChI=1S/C15H13NO2.ClH.H3N/c16-15(17)18-9-14-12-7-3-1-5-10(12)11-6-2-4-8-13(11)14;;/h1-8,14H,9H2,(H2,16,17);1H;1H3. The highest BCUT2D eigenvalue weighted by Crippen LogP contribution is 2.44. The topological polar surface area (TPSA) is 87.3 Å². The van der Waals surface area contributed by atoms with Gasteiger partial charge in [0.2, 0.25) is 0 Å². The molecule has 2 aromatic carbocycles. The first-order chi connectivity index (χ1) is 8.77. The van der Waals surface area contributed by atoms with Gasteiger partial charge in [0.25, 0.3) is 0 Å². The molecule has 0 saturated heterocycles. The lowest BCUT2D eigenvalue weighted by atomic mass is 9.98. The van der Waals surface area contributed by atoms with Crippen molar-refractivity contribution in [2.24, 2.45) is 5.73 Å². The largest absolute Gasteiger partial charge is 0.449 e. The van der Waals surface area contributed by atoms with Gasteiger partial charge in [0, 0.05) is 5.92 Å². The fourth-order valence-corrected chi connectivity index (χ4v) is 2.60. The molecule has 3 rings (SSSR count). The van der Waals surface area contributed by atoms with Crippen molar-refractivity contribution in [1.29, 1.82) is 0 Å². The molecule has 0 aliphatic heterocycles. The van der Waals surface area contributed by atoms with E-state index in [1.807, 2.05) is 24.3 Å². The zero-order valence-corrected chi connectivity index (χ0v) is 11.7. The Bertz CT molecular complexity index is 571. The second kappa shape index (κ2) is 6.41. The maximum absolute atomic E-state index is 10.8. The second-order valence-electron chi connectivity index (χ2n) is 4.36. The Balaban J connectivity index is 0.000001000. The molecule has 5 heteroatoms. The van der Waals surface area contributed by atoms with Gasteiger partial charge in [-0.1, -0.05) is 48.5 Å². The molecule has 1 aliphatic rings. The van der Waals surface area contributed by atoms with Crippen molar-refractivity contribution in [2.75, 3.05) is 6.61 Å². The summed E-state index contributed by atoms with van der Waals surface area (Å²) in [5, 5.41) is 0. The number of rotatable bonds is 2. The maximum atomic E-state index is 10.8. The number of hydrogen-bond donors (Lipinski definition) is 2. The molecule has 0 radical (unpaired) electrons. The first-order valence-corrected chi connectivity index (χ1v) is 5.88. The van der Waals surface area contributed by atoms with Crippen LogP contribution in [0.15, 0.2) is 48.5 Å². The number of hydrogen-bond acceptors (Lipinski definition) is 3. The van der Waals surface area contributed by atoms with E-state index in [0.717, 1.165) is 0 Å². The number of carbonyl (C=O) groups is 1. The van der Waals surface area contributed by atoms with Crippen molar-refractivity contribution in [2.45, 2.75) is 5.92 Å².